The second kappa shape index (κ2) is 7.87. The Morgan fingerprint density at radius 1 is 1.32 bits per heavy atom. The molecule has 0 saturated carbocycles. The van der Waals surface area contributed by atoms with E-state index in [1.807, 2.05) is 26.0 Å². The molecule has 2 amide bonds. The summed E-state index contributed by atoms with van der Waals surface area (Å²) >= 11 is 1.67. The molecule has 1 saturated heterocycles. The Hall–Kier alpha value is -1.21. The van der Waals surface area contributed by atoms with Gasteiger partial charge in [-0.15, -0.1) is 11.3 Å². The molecule has 0 aliphatic carbocycles. The lowest BCUT2D eigenvalue weighted by Gasteiger charge is -2.24. The number of alkyl halides is 2. The second-order valence-electron chi connectivity index (χ2n) is 5.65. The quantitative estimate of drug-likeness (QED) is 0.920. The molecule has 0 unspecified atom stereocenters. The van der Waals surface area contributed by atoms with Crippen LogP contribution in [0.2, 0.25) is 0 Å². The first-order valence-electron chi connectivity index (χ1n) is 7.58. The normalized spacial score (nSPS) is 18.3. The van der Waals surface area contributed by atoms with Gasteiger partial charge in [0, 0.05) is 35.9 Å². The maximum atomic E-state index is 12.4. The zero-order valence-corrected chi connectivity index (χ0v) is 13.8. The van der Waals surface area contributed by atoms with Crippen molar-refractivity contribution in [2.24, 2.45) is 0 Å². The third kappa shape index (κ3) is 4.91. The summed E-state index contributed by atoms with van der Waals surface area (Å²) in [5.74, 6) is 0. The number of carbonyl (C=O) groups is 1. The number of carbonyl (C=O) groups excluding carboxylic acids is 1. The average Bonchev–Trinajstić information content (AvgIpc) is 2.74. The molecule has 0 aromatic carbocycles. The van der Waals surface area contributed by atoms with Gasteiger partial charge in [0.05, 0.1) is 12.6 Å². The zero-order valence-electron chi connectivity index (χ0n) is 13.0. The van der Waals surface area contributed by atoms with Gasteiger partial charge < -0.3 is 10.2 Å². The van der Waals surface area contributed by atoms with Crippen molar-refractivity contribution in [3.05, 3.63) is 21.9 Å². The third-order valence-electron chi connectivity index (χ3n) is 3.80. The SMILES string of the molecule is Cc1ccc([C@@H](C)NC(=O)N2CCCN(CC(F)F)CC2)s1. The number of hydrogen-bond acceptors (Lipinski definition) is 3. The number of amides is 2. The van der Waals surface area contributed by atoms with Crippen molar-refractivity contribution < 1.29 is 13.6 Å². The van der Waals surface area contributed by atoms with Crippen LogP contribution in [0, 0.1) is 6.92 Å². The molecule has 1 aromatic heterocycles. The molecule has 1 atom stereocenters. The number of halogens is 2. The van der Waals surface area contributed by atoms with Crippen molar-refractivity contribution in [1.82, 2.24) is 15.1 Å². The molecule has 4 nitrogen and oxygen atoms in total. The van der Waals surface area contributed by atoms with Crippen molar-refractivity contribution >= 4 is 17.4 Å². The van der Waals surface area contributed by atoms with Crippen LogP contribution in [0.3, 0.4) is 0 Å². The molecule has 2 heterocycles. The van der Waals surface area contributed by atoms with Gasteiger partial charge in [0.25, 0.3) is 6.43 Å². The van der Waals surface area contributed by atoms with E-state index < -0.39 is 6.43 Å². The van der Waals surface area contributed by atoms with Crippen molar-refractivity contribution in [1.29, 1.82) is 0 Å². The van der Waals surface area contributed by atoms with Crippen LogP contribution in [0.5, 0.6) is 0 Å². The van der Waals surface area contributed by atoms with Gasteiger partial charge in [0.15, 0.2) is 0 Å². The predicted octanol–water partition coefficient (Wildman–Crippen LogP) is 3.10. The molecule has 1 aromatic rings. The minimum absolute atomic E-state index is 0.0355. The van der Waals surface area contributed by atoms with Crippen LogP contribution in [0.15, 0.2) is 12.1 Å². The maximum absolute atomic E-state index is 12.4. The van der Waals surface area contributed by atoms with E-state index >= 15 is 0 Å². The topological polar surface area (TPSA) is 35.6 Å². The Bertz CT molecular complexity index is 495. The molecule has 1 N–H and O–H groups in total. The summed E-state index contributed by atoms with van der Waals surface area (Å²) in [5, 5.41) is 2.99. The van der Waals surface area contributed by atoms with Crippen LogP contribution >= 0.6 is 11.3 Å². The first kappa shape index (κ1) is 17.1. The van der Waals surface area contributed by atoms with E-state index in [0.717, 1.165) is 11.3 Å². The molecule has 0 radical (unpaired) electrons. The molecule has 124 valence electrons. The van der Waals surface area contributed by atoms with E-state index in [1.54, 1.807) is 21.1 Å². The fourth-order valence-corrected chi connectivity index (χ4v) is 3.47. The van der Waals surface area contributed by atoms with Gasteiger partial charge in [-0.1, -0.05) is 0 Å². The van der Waals surface area contributed by atoms with E-state index in [-0.39, 0.29) is 18.6 Å². The van der Waals surface area contributed by atoms with Gasteiger partial charge in [0.1, 0.15) is 0 Å². The first-order valence-corrected chi connectivity index (χ1v) is 8.39. The molecule has 0 spiro atoms. The van der Waals surface area contributed by atoms with Gasteiger partial charge in [-0.05, 0) is 32.4 Å². The fraction of sp³-hybridized carbons (Fsp3) is 0.667. The number of nitrogens with zero attached hydrogens (tertiary/aromatic N) is 2. The Morgan fingerprint density at radius 2 is 2.09 bits per heavy atom. The van der Waals surface area contributed by atoms with Crippen LogP contribution in [-0.2, 0) is 0 Å². The van der Waals surface area contributed by atoms with Crippen LogP contribution < -0.4 is 5.32 Å². The molecular formula is C15H23F2N3OS. The number of urea groups is 1. The minimum Gasteiger partial charge on any atom is -0.331 e. The zero-order chi connectivity index (χ0) is 16.1. The average molecular weight is 331 g/mol. The number of rotatable bonds is 4. The lowest BCUT2D eigenvalue weighted by molar-refractivity contribution is 0.0903. The summed E-state index contributed by atoms with van der Waals surface area (Å²) in [6, 6.07) is 3.92. The van der Waals surface area contributed by atoms with E-state index in [0.29, 0.717) is 26.2 Å². The van der Waals surface area contributed by atoms with E-state index in [1.165, 1.54) is 4.88 Å². The predicted molar refractivity (Wildman–Crippen MR) is 84.6 cm³/mol. The molecule has 22 heavy (non-hydrogen) atoms. The third-order valence-corrected chi connectivity index (χ3v) is 4.98. The molecule has 2 rings (SSSR count). The highest BCUT2D eigenvalue weighted by molar-refractivity contribution is 7.12. The molecule has 1 aliphatic rings. The van der Waals surface area contributed by atoms with Crippen LogP contribution in [0.25, 0.3) is 0 Å². The van der Waals surface area contributed by atoms with Crippen molar-refractivity contribution in [3.63, 3.8) is 0 Å². The highest BCUT2D eigenvalue weighted by Crippen LogP contribution is 2.22. The molecular weight excluding hydrogens is 308 g/mol. The summed E-state index contributed by atoms with van der Waals surface area (Å²) in [6.07, 6.45) is -1.59. The van der Waals surface area contributed by atoms with E-state index in [2.05, 4.69) is 5.32 Å². The Balaban J connectivity index is 1.84. The van der Waals surface area contributed by atoms with Gasteiger partial charge in [-0.25, -0.2) is 13.6 Å². The molecule has 1 fully saturated rings. The summed E-state index contributed by atoms with van der Waals surface area (Å²) in [6.45, 7) is 6.02. The summed E-state index contributed by atoms with van der Waals surface area (Å²) in [5.41, 5.74) is 0. The number of aryl methyl sites for hydroxylation is 1. The van der Waals surface area contributed by atoms with E-state index in [9.17, 15) is 13.6 Å². The molecule has 7 heteroatoms. The van der Waals surface area contributed by atoms with Crippen LogP contribution in [-0.4, -0.2) is 55.0 Å². The number of thiophene rings is 1. The van der Waals surface area contributed by atoms with Gasteiger partial charge in [-0.2, -0.15) is 0 Å². The number of hydrogen-bond donors (Lipinski definition) is 1. The summed E-state index contributed by atoms with van der Waals surface area (Å²) < 4.78 is 24.9. The van der Waals surface area contributed by atoms with Crippen molar-refractivity contribution in [2.75, 3.05) is 32.7 Å². The van der Waals surface area contributed by atoms with Gasteiger partial charge in [-0.3, -0.25) is 4.90 Å². The van der Waals surface area contributed by atoms with Crippen LogP contribution in [0.4, 0.5) is 13.6 Å². The highest BCUT2D eigenvalue weighted by atomic mass is 32.1. The molecule has 1 aliphatic heterocycles. The van der Waals surface area contributed by atoms with Crippen molar-refractivity contribution in [3.8, 4) is 0 Å². The highest BCUT2D eigenvalue weighted by Gasteiger charge is 2.22. The fourth-order valence-electron chi connectivity index (χ4n) is 2.59. The van der Waals surface area contributed by atoms with Crippen LogP contribution in [0.1, 0.15) is 29.1 Å². The number of nitrogens with one attached hydrogen (secondary N) is 1. The monoisotopic (exact) mass is 331 g/mol. The largest absolute Gasteiger partial charge is 0.331 e. The lowest BCUT2D eigenvalue weighted by atomic mass is 10.3. The summed E-state index contributed by atoms with van der Waals surface area (Å²) in [7, 11) is 0. The van der Waals surface area contributed by atoms with Gasteiger partial charge in [0.2, 0.25) is 0 Å². The van der Waals surface area contributed by atoms with Gasteiger partial charge >= 0.3 is 6.03 Å². The summed E-state index contributed by atoms with van der Waals surface area (Å²) in [4.78, 5) is 18.1. The maximum Gasteiger partial charge on any atom is 0.317 e. The smallest absolute Gasteiger partial charge is 0.317 e. The van der Waals surface area contributed by atoms with Crippen molar-refractivity contribution in [2.45, 2.75) is 32.7 Å². The minimum atomic E-state index is -2.32. The second-order valence-corrected chi connectivity index (χ2v) is 6.97. The Labute approximate surface area is 134 Å². The first-order chi connectivity index (χ1) is 10.5. The lowest BCUT2D eigenvalue weighted by Crippen LogP contribution is -2.43. The Morgan fingerprint density at radius 3 is 2.73 bits per heavy atom. The molecule has 0 bridgehead atoms. The standard InChI is InChI=1S/C15H23F2N3OS/c1-11-4-5-13(22-11)12(2)18-15(21)20-7-3-6-19(8-9-20)10-14(16)17/h4-5,12,14H,3,6-10H2,1-2H3,(H,18,21)/t12-/m1/s1. The Kier molecular flexibility index (Phi) is 6.14. The van der Waals surface area contributed by atoms with E-state index in [4.69, 9.17) is 0 Å².